The predicted molar refractivity (Wildman–Crippen MR) is 74.8 cm³/mol. The molecule has 0 aliphatic rings. The van der Waals surface area contributed by atoms with Crippen molar-refractivity contribution >= 4 is 0 Å². The van der Waals surface area contributed by atoms with Crippen LogP contribution in [0.3, 0.4) is 0 Å². The Kier molecular flexibility index (Phi) is 4.17. The second-order valence-electron chi connectivity index (χ2n) is 4.69. The highest BCUT2D eigenvalue weighted by Gasteiger charge is 2.13. The summed E-state index contributed by atoms with van der Waals surface area (Å²) in [7, 11) is 1.57. The number of benzene rings is 2. The van der Waals surface area contributed by atoms with Crippen molar-refractivity contribution < 1.29 is 9.13 Å². The van der Waals surface area contributed by atoms with Gasteiger partial charge in [0.15, 0.2) is 0 Å². The zero-order valence-electron chi connectivity index (χ0n) is 11.2. The maximum absolute atomic E-state index is 13.3. The van der Waals surface area contributed by atoms with E-state index in [4.69, 9.17) is 10.5 Å². The van der Waals surface area contributed by atoms with Gasteiger partial charge in [0.2, 0.25) is 0 Å². The van der Waals surface area contributed by atoms with Crippen LogP contribution in [-0.4, -0.2) is 7.11 Å². The standard InChI is InChI=1S/C16H18FNO/c1-11-4-3-5-12(8-11)9-15(18)14-10-13(17)6-7-16(14)19-2/h3-8,10,15H,9,18H2,1-2H3. The summed E-state index contributed by atoms with van der Waals surface area (Å²) in [6.07, 6.45) is 0.654. The first kappa shape index (κ1) is 13.6. The quantitative estimate of drug-likeness (QED) is 0.913. The van der Waals surface area contributed by atoms with Gasteiger partial charge in [0.25, 0.3) is 0 Å². The summed E-state index contributed by atoms with van der Waals surface area (Å²) in [5.41, 5.74) is 9.20. The van der Waals surface area contributed by atoms with Crippen LogP contribution in [0.5, 0.6) is 5.75 Å². The molecule has 2 aromatic rings. The van der Waals surface area contributed by atoms with Crippen LogP contribution in [0, 0.1) is 12.7 Å². The maximum Gasteiger partial charge on any atom is 0.123 e. The van der Waals surface area contributed by atoms with Crippen LogP contribution < -0.4 is 10.5 Å². The molecule has 0 heterocycles. The summed E-state index contributed by atoms with van der Waals surface area (Å²) < 4.78 is 18.6. The van der Waals surface area contributed by atoms with Crippen molar-refractivity contribution in [1.82, 2.24) is 0 Å². The number of methoxy groups -OCH3 is 1. The van der Waals surface area contributed by atoms with E-state index in [9.17, 15) is 4.39 Å². The van der Waals surface area contributed by atoms with Crippen molar-refractivity contribution in [1.29, 1.82) is 0 Å². The molecule has 0 fully saturated rings. The second-order valence-corrected chi connectivity index (χ2v) is 4.69. The van der Waals surface area contributed by atoms with E-state index in [1.165, 1.54) is 17.7 Å². The zero-order chi connectivity index (χ0) is 13.8. The minimum atomic E-state index is -0.296. The molecule has 0 saturated carbocycles. The van der Waals surface area contributed by atoms with Gasteiger partial charge < -0.3 is 10.5 Å². The Balaban J connectivity index is 2.24. The van der Waals surface area contributed by atoms with Gasteiger partial charge in [0.1, 0.15) is 11.6 Å². The van der Waals surface area contributed by atoms with Crippen molar-refractivity contribution in [2.24, 2.45) is 5.73 Å². The average Bonchev–Trinajstić information content (AvgIpc) is 2.38. The maximum atomic E-state index is 13.3. The van der Waals surface area contributed by atoms with Gasteiger partial charge in [-0.1, -0.05) is 29.8 Å². The normalized spacial score (nSPS) is 12.2. The summed E-state index contributed by atoms with van der Waals surface area (Å²) in [5.74, 6) is 0.331. The molecule has 2 nitrogen and oxygen atoms in total. The topological polar surface area (TPSA) is 35.2 Å². The van der Waals surface area contributed by atoms with Gasteiger partial charge in [-0.2, -0.15) is 0 Å². The van der Waals surface area contributed by atoms with Crippen molar-refractivity contribution in [2.45, 2.75) is 19.4 Å². The lowest BCUT2D eigenvalue weighted by Gasteiger charge is -2.16. The Morgan fingerprint density at radius 3 is 2.68 bits per heavy atom. The molecule has 0 bridgehead atoms. The molecule has 0 saturated heterocycles. The number of hydrogen-bond donors (Lipinski definition) is 1. The molecule has 0 aromatic heterocycles. The van der Waals surface area contributed by atoms with Crippen molar-refractivity contribution in [3.05, 3.63) is 65.0 Å². The van der Waals surface area contributed by atoms with Gasteiger partial charge in [-0.25, -0.2) is 4.39 Å². The molecule has 0 aliphatic heterocycles. The molecule has 0 radical (unpaired) electrons. The third-order valence-electron chi connectivity index (χ3n) is 3.13. The van der Waals surface area contributed by atoms with Gasteiger partial charge in [0.05, 0.1) is 7.11 Å². The third kappa shape index (κ3) is 3.32. The molecule has 1 atom stereocenters. The van der Waals surface area contributed by atoms with E-state index in [1.54, 1.807) is 13.2 Å². The smallest absolute Gasteiger partial charge is 0.123 e. The Hall–Kier alpha value is -1.87. The van der Waals surface area contributed by atoms with Crippen LogP contribution in [0.25, 0.3) is 0 Å². The molecule has 0 amide bonds. The third-order valence-corrected chi connectivity index (χ3v) is 3.13. The van der Waals surface area contributed by atoms with Crippen LogP contribution in [-0.2, 0) is 6.42 Å². The van der Waals surface area contributed by atoms with Crippen molar-refractivity contribution in [2.75, 3.05) is 7.11 Å². The number of nitrogens with two attached hydrogens (primary N) is 1. The van der Waals surface area contributed by atoms with E-state index in [1.807, 2.05) is 25.1 Å². The first-order valence-electron chi connectivity index (χ1n) is 6.24. The van der Waals surface area contributed by atoms with Gasteiger partial charge in [0, 0.05) is 11.6 Å². The fourth-order valence-corrected chi connectivity index (χ4v) is 2.20. The van der Waals surface area contributed by atoms with E-state index in [2.05, 4.69) is 6.07 Å². The highest BCUT2D eigenvalue weighted by Crippen LogP contribution is 2.27. The van der Waals surface area contributed by atoms with E-state index in [-0.39, 0.29) is 11.9 Å². The summed E-state index contributed by atoms with van der Waals surface area (Å²) >= 11 is 0. The minimum absolute atomic E-state index is 0.285. The molecule has 0 aliphatic carbocycles. The van der Waals surface area contributed by atoms with Crippen LogP contribution >= 0.6 is 0 Å². The number of halogens is 1. The molecule has 0 spiro atoms. The molecule has 19 heavy (non-hydrogen) atoms. The Labute approximate surface area is 113 Å². The monoisotopic (exact) mass is 259 g/mol. The lowest BCUT2D eigenvalue weighted by atomic mass is 9.98. The molecule has 1 unspecified atom stereocenters. The molecule has 2 rings (SSSR count). The SMILES string of the molecule is COc1ccc(F)cc1C(N)Cc1cccc(C)c1. The van der Waals surface area contributed by atoms with E-state index >= 15 is 0 Å². The Bertz CT molecular complexity index is 568. The van der Waals surface area contributed by atoms with Gasteiger partial charge in [-0.05, 0) is 37.1 Å². The Morgan fingerprint density at radius 2 is 2.00 bits per heavy atom. The molecular weight excluding hydrogens is 241 g/mol. The fourth-order valence-electron chi connectivity index (χ4n) is 2.20. The summed E-state index contributed by atoms with van der Waals surface area (Å²) in [5, 5.41) is 0. The van der Waals surface area contributed by atoms with E-state index in [0.717, 1.165) is 5.56 Å². The van der Waals surface area contributed by atoms with Crippen LogP contribution in [0.2, 0.25) is 0 Å². The average molecular weight is 259 g/mol. The van der Waals surface area contributed by atoms with Gasteiger partial charge in [-0.3, -0.25) is 0 Å². The number of hydrogen-bond acceptors (Lipinski definition) is 2. The molecule has 3 heteroatoms. The fraction of sp³-hybridized carbons (Fsp3) is 0.250. The minimum Gasteiger partial charge on any atom is -0.496 e. The lowest BCUT2D eigenvalue weighted by Crippen LogP contribution is -2.14. The van der Waals surface area contributed by atoms with Crippen LogP contribution in [0.4, 0.5) is 4.39 Å². The predicted octanol–water partition coefficient (Wildman–Crippen LogP) is 3.39. The van der Waals surface area contributed by atoms with Crippen LogP contribution in [0.1, 0.15) is 22.7 Å². The second kappa shape index (κ2) is 5.85. The molecular formula is C16H18FNO. The first-order valence-corrected chi connectivity index (χ1v) is 6.24. The summed E-state index contributed by atoms with van der Waals surface area (Å²) in [4.78, 5) is 0. The van der Waals surface area contributed by atoms with Gasteiger partial charge >= 0.3 is 0 Å². The highest BCUT2D eigenvalue weighted by molar-refractivity contribution is 5.37. The lowest BCUT2D eigenvalue weighted by molar-refractivity contribution is 0.404. The number of aryl methyl sites for hydroxylation is 1. The van der Waals surface area contributed by atoms with Crippen molar-refractivity contribution in [3.8, 4) is 5.75 Å². The van der Waals surface area contributed by atoms with E-state index < -0.39 is 0 Å². The summed E-state index contributed by atoms with van der Waals surface area (Å²) in [6.45, 7) is 2.04. The molecule has 2 N–H and O–H groups in total. The van der Waals surface area contributed by atoms with Gasteiger partial charge in [-0.15, -0.1) is 0 Å². The van der Waals surface area contributed by atoms with Crippen molar-refractivity contribution in [3.63, 3.8) is 0 Å². The highest BCUT2D eigenvalue weighted by atomic mass is 19.1. The van der Waals surface area contributed by atoms with E-state index in [0.29, 0.717) is 17.7 Å². The number of rotatable bonds is 4. The van der Waals surface area contributed by atoms with Crippen LogP contribution in [0.15, 0.2) is 42.5 Å². The molecule has 100 valence electrons. The molecule has 2 aromatic carbocycles. The largest absolute Gasteiger partial charge is 0.496 e. The zero-order valence-corrected chi connectivity index (χ0v) is 11.2. The Morgan fingerprint density at radius 1 is 1.21 bits per heavy atom. The summed E-state index contributed by atoms with van der Waals surface area (Å²) in [6, 6.07) is 12.3. The first-order chi connectivity index (χ1) is 9.10. The number of ether oxygens (including phenoxy) is 1.